The van der Waals surface area contributed by atoms with Crippen molar-refractivity contribution in [3.63, 3.8) is 0 Å². The van der Waals surface area contributed by atoms with Crippen molar-refractivity contribution in [3.8, 4) is 0 Å². The Kier molecular flexibility index (Phi) is 3.76. The molecule has 0 amide bonds. The van der Waals surface area contributed by atoms with Crippen molar-refractivity contribution < 1.29 is 10.2 Å². The molecule has 2 nitrogen and oxygen atoms in total. The highest BCUT2D eigenvalue weighted by Gasteiger charge is 2.61. The van der Waals surface area contributed by atoms with Gasteiger partial charge in [-0.1, -0.05) is 29.8 Å². The van der Waals surface area contributed by atoms with Crippen LogP contribution in [0.1, 0.15) is 65.2 Å². The summed E-state index contributed by atoms with van der Waals surface area (Å²) in [4.78, 5) is 0.292. The van der Waals surface area contributed by atoms with Gasteiger partial charge in [0, 0.05) is 4.83 Å². The van der Waals surface area contributed by atoms with Gasteiger partial charge in [-0.3, -0.25) is 0 Å². The Morgan fingerprint density at radius 3 is 2.36 bits per heavy atom. The molecule has 3 unspecified atom stereocenters. The highest BCUT2D eigenvalue weighted by molar-refractivity contribution is 9.09. The monoisotopic (exact) mass is 370 g/mol. The lowest BCUT2D eigenvalue weighted by molar-refractivity contribution is -0.133. The van der Waals surface area contributed by atoms with Crippen LogP contribution in [0.25, 0.3) is 0 Å². The second-order valence-electron chi connectivity index (χ2n) is 9.33. The molecular weight excluding hydrogens is 340 g/mol. The van der Waals surface area contributed by atoms with Crippen LogP contribution in [0.15, 0.2) is 0 Å². The largest absolute Gasteiger partial charge is 0.393 e. The highest BCUT2D eigenvalue weighted by atomic mass is 79.9. The lowest BCUT2D eigenvalue weighted by Crippen LogP contribution is -2.54. The third-order valence-corrected chi connectivity index (χ3v) is 9.45. The number of fused-ring (bicyclic) bond motifs is 5. The summed E-state index contributed by atoms with van der Waals surface area (Å²) in [6.07, 6.45) is 9.28. The van der Waals surface area contributed by atoms with Gasteiger partial charge in [0.25, 0.3) is 0 Å². The molecule has 0 aromatic rings. The van der Waals surface area contributed by atoms with Gasteiger partial charge in [-0.15, -0.1) is 0 Å². The first-order valence-corrected chi connectivity index (χ1v) is 10.3. The molecule has 0 spiro atoms. The van der Waals surface area contributed by atoms with Crippen molar-refractivity contribution >= 4 is 15.9 Å². The van der Waals surface area contributed by atoms with Crippen molar-refractivity contribution in [2.45, 2.75) is 82.2 Å². The topological polar surface area (TPSA) is 40.5 Å². The molecule has 4 fully saturated rings. The van der Waals surface area contributed by atoms with E-state index in [1.807, 2.05) is 0 Å². The zero-order chi connectivity index (χ0) is 15.7. The van der Waals surface area contributed by atoms with Crippen LogP contribution in [0.2, 0.25) is 0 Å². The Bertz CT molecular complexity index is 455. The van der Waals surface area contributed by atoms with Gasteiger partial charge in [0.1, 0.15) is 0 Å². The van der Waals surface area contributed by atoms with E-state index in [1.165, 1.54) is 32.1 Å². The number of rotatable bonds is 0. The Morgan fingerprint density at radius 1 is 0.864 bits per heavy atom. The van der Waals surface area contributed by atoms with Gasteiger partial charge in [0.15, 0.2) is 0 Å². The van der Waals surface area contributed by atoms with Crippen LogP contribution in [-0.4, -0.2) is 27.2 Å². The smallest absolute Gasteiger partial charge is 0.0721 e. The molecule has 22 heavy (non-hydrogen) atoms. The number of alkyl halides is 1. The Morgan fingerprint density at radius 2 is 1.59 bits per heavy atom. The minimum atomic E-state index is -0.169. The molecule has 126 valence electrons. The van der Waals surface area contributed by atoms with Crippen LogP contribution in [0.3, 0.4) is 0 Å². The van der Waals surface area contributed by atoms with E-state index < -0.39 is 0 Å². The fraction of sp³-hybridized carbons (Fsp3) is 1.00. The Labute approximate surface area is 143 Å². The number of aliphatic hydroxyl groups excluding tert-OH is 2. The molecule has 0 radical (unpaired) electrons. The first kappa shape index (κ1) is 15.9. The van der Waals surface area contributed by atoms with Crippen molar-refractivity contribution in [1.82, 2.24) is 0 Å². The number of hydrogen-bond acceptors (Lipinski definition) is 2. The van der Waals surface area contributed by atoms with E-state index in [4.69, 9.17) is 0 Å². The van der Waals surface area contributed by atoms with Gasteiger partial charge >= 0.3 is 0 Å². The molecule has 0 saturated heterocycles. The second kappa shape index (κ2) is 5.20. The van der Waals surface area contributed by atoms with Gasteiger partial charge in [-0.2, -0.15) is 0 Å². The molecule has 4 saturated carbocycles. The summed E-state index contributed by atoms with van der Waals surface area (Å²) in [5.41, 5.74) is 0.575. The lowest BCUT2D eigenvalue weighted by atomic mass is 9.45. The molecule has 9 atom stereocenters. The van der Waals surface area contributed by atoms with E-state index in [1.54, 1.807) is 0 Å². The standard InChI is InChI=1S/C19H31BrO2/c1-18-7-5-12(21)9-11(18)3-4-13-14(18)6-8-19(2)15(13)10-16(20)17(19)22/h11-17,21-22H,3-10H2,1-2H3/t11-,12-,13?,14?,15?,16+,17+,18-,19-/m0/s1. The zero-order valence-electron chi connectivity index (χ0n) is 14.0. The molecule has 0 aromatic carbocycles. The van der Waals surface area contributed by atoms with E-state index in [0.29, 0.717) is 16.2 Å². The molecule has 4 rings (SSSR count). The van der Waals surface area contributed by atoms with Crippen molar-refractivity contribution in [2.24, 2.45) is 34.5 Å². The van der Waals surface area contributed by atoms with E-state index in [2.05, 4.69) is 29.8 Å². The van der Waals surface area contributed by atoms with Crippen LogP contribution >= 0.6 is 15.9 Å². The molecule has 0 bridgehead atoms. The van der Waals surface area contributed by atoms with Gasteiger partial charge in [0.2, 0.25) is 0 Å². The maximum atomic E-state index is 10.7. The van der Waals surface area contributed by atoms with Crippen LogP contribution in [0, 0.1) is 34.5 Å². The second-order valence-corrected chi connectivity index (χ2v) is 10.5. The summed E-state index contributed by atoms with van der Waals surface area (Å²) in [5, 5.41) is 20.8. The maximum Gasteiger partial charge on any atom is 0.0721 e. The quantitative estimate of drug-likeness (QED) is 0.629. The lowest BCUT2D eigenvalue weighted by Gasteiger charge is -2.60. The molecule has 0 aromatic heterocycles. The van der Waals surface area contributed by atoms with E-state index in [0.717, 1.165) is 37.0 Å². The van der Waals surface area contributed by atoms with E-state index >= 15 is 0 Å². The minimum Gasteiger partial charge on any atom is -0.393 e. The average molecular weight is 371 g/mol. The fourth-order valence-electron chi connectivity index (χ4n) is 7.18. The predicted octanol–water partition coefficient (Wildman–Crippen LogP) is 4.12. The highest BCUT2D eigenvalue weighted by Crippen LogP contribution is 2.66. The summed E-state index contributed by atoms with van der Waals surface area (Å²) in [6.45, 7) is 4.87. The summed E-state index contributed by atoms with van der Waals surface area (Å²) < 4.78 is 0. The van der Waals surface area contributed by atoms with Gasteiger partial charge in [-0.05, 0) is 85.9 Å². The summed E-state index contributed by atoms with van der Waals surface area (Å²) in [6, 6.07) is 0. The van der Waals surface area contributed by atoms with E-state index in [9.17, 15) is 10.2 Å². The third kappa shape index (κ3) is 2.04. The van der Waals surface area contributed by atoms with Crippen molar-refractivity contribution in [1.29, 1.82) is 0 Å². The zero-order valence-corrected chi connectivity index (χ0v) is 15.6. The van der Waals surface area contributed by atoms with E-state index in [-0.39, 0.29) is 17.6 Å². The molecule has 4 aliphatic rings. The van der Waals surface area contributed by atoms with Crippen molar-refractivity contribution in [3.05, 3.63) is 0 Å². The summed E-state index contributed by atoms with van der Waals surface area (Å²) in [5.74, 6) is 3.04. The first-order valence-electron chi connectivity index (χ1n) is 9.36. The number of aliphatic hydroxyl groups is 2. The Hall–Kier alpha value is 0.400. The molecule has 4 aliphatic carbocycles. The van der Waals surface area contributed by atoms with Crippen LogP contribution in [0.5, 0.6) is 0 Å². The van der Waals surface area contributed by atoms with Gasteiger partial charge < -0.3 is 10.2 Å². The van der Waals surface area contributed by atoms with Gasteiger partial charge in [0.05, 0.1) is 12.2 Å². The normalized spacial score (nSPS) is 61.2. The van der Waals surface area contributed by atoms with Crippen LogP contribution in [0.4, 0.5) is 0 Å². The molecule has 3 heteroatoms. The molecule has 2 N–H and O–H groups in total. The molecular formula is C19H31BrO2. The number of hydrogen-bond donors (Lipinski definition) is 2. The first-order chi connectivity index (χ1) is 10.4. The summed E-state index contributed by atoms with van der Waals surface area (Å²) in [7, 11) is 0. The third-order valence-electron chi connectivity index (χ3n) is 8.57. The van der Waals surface area contributed by atoms with Crippen LogP contribution < -0.4 is 0 Å². The van der Waals surface area contributed by atoms with Crippen LogP contribution in [-0.2, 0) is 0 Å². The Balaban J connectivity index is 1.63. The molecule has 0 aliphatic heterocycles. The maximum absolute atomic E-state index is 10.7. The summed E-state index contributed by atoms with van der Waals surface area (Å²) >= 11 is 3.75. The fourth-order valence-corrected chi connectivity index (χ4v) is 8.19. The SMILES string of the molecule is C[C@]12CCC3C(CC[C@H]4C[C@@H](O)CC[C@]34C)C1C[C@@H](Br)[C@H]2O. The minimum absolute atomic E-state index is 0.0521. The van der Waals surface area contributed by atoms with Crippen molar-refractivity contribution in [2.75, 3.05) is 0 Å². The predicted molar refractivity (Wildman–Crippen MR) is 91.8 cm³/mol. The average Bonchev–Trinajstić information content (AvgIpc) is 2.72. The molecule has 0 heterocycles. The number of halogens is 1. The van der Waals surface area contributed by atoms with Gasteiger partial charge in [-0.25, -0.2) is 0 Å².